The molecule has 22 heavy (non-hydrogen) atoms. The van der Waals surface area contributed by atoms with Gasteiger partial charge < -0.3 is 16.0 Å². The molecule has 1 fully saturated rings. The van der Waals surface area contributed by atoms with Crippen LogP contribution in [0.1, 0.15) is 19.3 Å². The third-order valence-electron chi connectivity index (χ3n) is 3.36. The van der Waals surface area contributed by atoms with Crippen LogP contribution in [0.3, 0.4) is 0 Å². The Kier molecular flexibility index (Phi) is 7.42. The molecule has 122 valence electrons. The number of benzene rings is 1. The number of carbonyl (C=O) groups is 2. The number of nitrogens with zero attached hydrogens (tertiary/aromatic N) is 1. The number of anilines is 1. The van der Waals surface area contributed by atoms with Crippen LogP contribution in [-0.2, 0) is 9.59 Å². The van der Waals surface area contributed by atoms with Gasteiger partial charge in [0, 0.05) is 35.2 Å². The quantitative estimate of drug-likeness (QED) is 0.860. The molecule has 1 aliphatic rings. The molecule has 2 amide bonds. The summed E-state index contributed by atoms with van der Waals surface area (Å²) in [6.07, 6.45) is 1.72. The number of likely N-dealkylation sites (tertiary alicyclic amines) is 1. The fraction of sp³-hybridized carbons (Fsp3) is 0.429. The van der Waals surface area contributed by atoms with Gasteiger partial charge in [-0.05, 0) is 31.0 Å². The average Bonchev–Trinajstić information content (AvgIpc) is 2.86. The first kappa shape index (κ1) is 19.0. The monoisotopic (exact) mass is 365 g/mol. The van der Waals surface area contributed by atoms with E-state index in [4.69, 9.17) is 28.9 Å². The van der Waals surface area contributed by atoms with E-state index in [0.717, 1.165) is 6.42 Å². The molecular weight excluding hydrogens is 349 g/mol. The van der Waals surface area contributed by atoms with Gasteiger partial charge in [-0.25, -0.2) is 0 Å². The molecule has 0 spiro atoms. The summed E-state index contributed by atoms with van der Waals surface area (Å²) in [5, 5.41) is 3.65. The molecule has 1 unspecified atom stereocenters. The zero-order valence-electron chi connectivity index (χ0n) is 11.9. The van der Waals surface area contributed by atoms with Gasteiger partial charge in [0.05, 0.1) is 0 Å². The molecule has 0 bridgehead atoms. The van der Waals surface area contributed by atoms with Crippen LogP contribution < -0.4 is 11.1 Å². The first-order valence-corrected chi connectivity index (χ1v) is 7.53. The molecule has 8 heteroatoms. The van der Waals surface area contributed by atoms with Crippen molar-refractivity contribution in [1.82, 2.24) is 4.90 Å². The number of halogens is 3. The molecule has 1 aromatic carbocycles. The Bertz CT molecular complexity index is 534. The lowest BCUT2D eigenvalue weighted by molar-refractivity contribution is -0.136. The van der Waals surface area contributed by atoms with Gasteiger partial charge in [0.15, 0.2) is 0 Å². The van der Waals surface area contributed by atoms with E-state index in [1.54, 1.807) is 23.1 Å². The Morgan fingerprint density at radius 2 is 1.91 bits per heavy atom. The summed E-state index contributed by atoms with van der Waals surface area (Å²) < 4.78 is 0. The van der Waals surface area contributed by atoms with Crippen molar-refractivity contribution in [3.05, 3.63) is 28.2 Å². The number of carbonyl (C=O) groups excluding carboxylic acids is 2. The van der Waals surface area contributed by atoms with Gasteiger partial charge >= 0.3 is 0 Å². The van der Waals surface area contributed by atoms with E-state index in [1.807, 2.05) is 0 Å². The Morgan fingerprint density at radius 1 is 1.27 bits per heavy atom. The number of hydrogen-bond donors (Lipinski definition) is 2. The van der Waals surface area contributed by atoms with Crippen LogP contribution in [0.4, 0.5) is 5.69 Å². The van der Waals surface area contributed by atoms with Crippen LogP contribution in [0.5, 0.6) is 0 Å². The van der Waals surface area contributed by atoms with Crippen molar-refractivity contribution in [1.29, 1.82) is 0 Å². The molecule has 1 saturated heterocycles. The second kappa shape index (κ2) is 8.58. The van der Waals surface area contributed by atoms with E-state index in [2.05, 4.69) is 5.32 Å². The van der Waals surface area contributed by atoms with Gasteiger partial charge in [0.1, 0.15) is 6.04 Å². The molecule has 5 nitrogen and oxygen atoms in total. The highest BCUT2D eigenvalue weighted by Gasteiger charge is 2.33. The van der Waals surface area contributed by atoms with E-state index in [1.165, 1.54) is 0 Å². The maximum Gasteiger partial charge on any atom is 0.247 e. The maximum absolute atomic E-state index is 12.3. The summed E-state index contributed by atoms with van der Waals surface area (Å²) in [6.45, 7) is 0.876. The van der Waals surface area contributed by atoms with E-state index in [-0.39, 0.29) is 37.2 Å². The van der Waals surface area contributed by atoms with Gasteiger partial charge in [-0.3, -0.25) is 9.59 Å². The molecule has 0 radical (unpaired) electrons. The fourth-order valence-electron chi connectivity index (χ4n) is 2.46. The van der Waals surface area contributed by atoms with Gasteiger partial charge in [-0.2, -0.15) is 0 Å². The SMILES string of the molecule is Cl.NCCC(=O)N1CCCC1C(=O)Nc1cc(Cl)cc(Cl)c1. The lowest BCUT2D eigenvalue weighted by atomic mass is 10.2. The van der Waals surface area contributed by atoms with Crippen molar-refractivity contribution in [2.75, 3.05) is 18.4 Å². The molecule has 1 heterocycles. The van der Waals surface area contributed by atoms with E-state index >= 15 is 0 Å². The minimum Gasteiger partial charge on any atom is -0.331 e. The van der Waals surface area contributed by atoms with Crippen molar-refractivity contribution in [3.63, 3.8) is 0 Å². The molecular formula is C14H18Cl3N3O2. The zero-order valence-corrected chi connectivity index (χ0v) is 14.2. The van der Waals surface area contributed by atoms with Crippen molar-refractivity contribution in [2.45, 2.75) is 25.3 Å². The third-order valence-corrected chi connectivity index (χ3v) is 3.80. The van der Waals surface area contributed by atoms with Gasteiger partial charge in [-0.1, -0.05) is 23.2 Å². The van der Waals surface area contributed by atoms with E-state index in [0.29, 0.717) is 28.7 Å². The molecule has 1 aliphatic heterocycles. The molecule has 2 rings (SSSR count). The van der Waals surface area contributed by atoms with Crippen LogP contribution >= 0.6 is 35.6 Å². The number of amides is 2. The average molecular weight is 367 g/mol. The highest BCUT2D eigenvalue weighted by atomic mass is 35.5. The summed E-state index contributed by atoms with van der Waals surface area (Å²) in [5.74, 6) is -0.310. The van der Waals surface area contributed by atoms with Crippen molar-refractivity contribution >= 4 is 53.1 Å². The molecule has 0 saturated carbocycles. The highest BCUT2D eigenvalue weighted by molar-refractivity contribution is 6.35. The molecule has 1 atom stereocenters. The summed E-state index contributed by atoms with van der Waals surface area (Å²) in [6, 6.07) is 4.37. The van der Waals surface area contributed by atoms with E-state index < -0.39 is 6.04 Å². The number of nitrogens with two attached hydrogens (primary N) is 1. The van der Waals surface area contributed by atoms with Crippen LogP contribution in [0.15, 0.2) is 18.2 Å². The Labute approximate surface area is 145 Å². The largest absolute Gasteiger partial charge is 0.331 e. The van der Waals surface area contributed by atoms with Crippen molar-refractivity contribution < 1.29 is 9.59 Å². The topological polar surface area (TPSA) is 75.4 Å². The smallest absolute Gasteiger partial charge is 0.247 e. The molecule has 1 aromatic rings. The minimum absolute atomic E-state index is 0. The molecule has 3 N–H and O–H groups in total. The van der Waals surface area contributed by atoms with Gasteiger partial charge in [0.2, 0.25) is 11.8 Å². The van der Waals surface area contributed by atoms with E-state index in [9.17, 15) is 9.59 Å². The summed E-state index contributed by atoms with van der Waals surface area (Å²) in [4.78, 5) is 25.9. The fourth-order valence-corrected chi connectivity index (χ4v) is 2.98. The predicted octanol–water partition coefficient (Wildman–Crippen LogP) is 2.69. The normalized spacial score (nSPS) is 17.0. The van der Waals surface area contributed by atoms with Crippen molar-refractivity contribution in [3.8, 4) is 0 Å². The van der Waals surface area contributed by atoms with Crippen LogP contribution in [-0.4, -0.2) is 35.8 Å². The summed E-state index contributed by atoms with van der Waals surface area (Å²) in [7, 11) is 0. The zero-order chi connectivity index (χ0) is 15.4. The first-order valence-electron chi connectivity index (χ1n) is 6.78. The second-order valence-corrected chi connectivity index (χ2v) is 5.80. The predicted molar refractivity (Wildman–Crippen MR) is 90.7 cm³/mol. The lowest BCUT2D eigenvalue weighted by Gasteiger charge is -2.23. The van der Waals surface area contributed by atoms with Crippen LogP contribution in [0.25, 0.3) is 0 Å². The maximum atomic E-state index is 12.3. The number of nitrogens with one attached hydrogen (secondary N) is 1. The standard InChI is InChI=1S/C14H17Cl2N3O2.ClH/c15-9-6-10(16)8-11(7-9)18-14(21)12-2-1-5-19(12)13(20)3-4-17;/h6-8,12H,1-5,17H2,(H,18,21);1H. The van der Waals surface area contributed by atoms with Gasteiger partial charge in [-0.15, -0.1) is 12.4 Å². The second-order valence-electron chi connectivity index (χ2n) is 4.93. The number of rotatable bonds is 4. The van der Waals surface area contributed by atoms with Gasteiger partial charge in [0.25, 0.3) is 0 Å². The Hall–Kier alpha value is -1.01. The number of hydrogen-bond acceptors (Lipinski definition) is 3. The highest BCUT2D eigenvalue weighted by Crippen LogP contribution is 2.24. The molecule has 0 aromatic heterocycles. The lowest BCUT2D eigenvalue weighted by Crippen LogP contribution is -2.43. The Morgan fingerprint density at radius 3 is 2.50 bits per heavy atom. The Balaban J connectivity index is 0.00000242. The summed E-state index contributed by atoms with van der Waals surface area (Å²) >= 11 is 11.8. The first-order chi connectivity index (χ1) is 10.0. The van der Waals surface area contributed by atoms with Crippen molar-refractivity contribution in [2.24, 2.45) is 5.73 Å². The third kappa shape index (κ3) is 4.74. The minimum atomic E-state index is -0.457. The van der Waals surface area contributed by atoms with Crippen LogP contribution in [0.2, 0.25) is 10.0 Å². The van der Waals surface area contributed by atoms with Crippen LogP contribution in [0, 0.1) is 0 Å². The molecule has 0 aliphatic carbocycles. The summed E-state index contributed by atoms with van der Waals surface area (Å²) in [5.41, 5.74) is 5.92.